The minimum Gasteiger partial charge on any atom is -0.328 e. The van der Waals surface area contributed by atoms with Crippen molar-refractivity contribution in [2.45, 2.75) is 32.2 Å². The van der Waals surface area contributed by atoms with Crippen molar-refractivity contribution in [3.63, 3.8) is 0 Å². The molecule has 3 N–H and O–H groups in total. The summed E-state index contributed by atoms with van der Waals surface area (Å²) in [4.78, 5) is 11.2. The Kier molecular flexibility index (Phi) is 2.73. The van der Waals surface area contributed by atoms with Gasteiger partial charge in [0.05, 0.1) is 0 Å². The second-order valence-corrected chi connectivity index (χ2v) is 4.22. The van der Waals surface area contributed by atoms with Crippen molar-refractivity contribution in [2.24, 2.45) is 5.73 Å². The van der Waals surface area contributed by atoms with Crippen molar-refractivity contribution in [3.8, 4) is 0 Å². The Bertz CT molecular complexity index is 385. The molecule has 0 fully saturated rings. The van der Waals surface area contributed by atoms with Crippen LogP contribution in [0.25, 0.3) is 0 Å². The lowest BCUT2D eigenvalue weighted by molar-refractivity contribution is -0.116. The first-order valence-corrected chi connectivity index (χ1v) is 5.32. The van der Waals surface area contributed by atoms with Gasteiger partial charge in [0.15, 0.2) is 0 Å². The number of carbonyl (C=O) groups excluding carboxylic acids is 1. The molecule has 1 unspecified atom stereocenters. The second kappa shape index (κ2) is 4.03. The van der Waals surface area contributed by atoms with E-state index in [0.29, 0.717) is 6.42 Å². The maximum absolute atomic E-state index is 11.2. The Morgan fingerprint density at radius 1 is 1.47 bits per heavy atom. The number of aryl methyl sites for hydroxylation is 1. The maximum Gasteiger partial charge on any atom is 0.224 e. The first kappa shape index (κ1) is 10.2. The van der Waals surface area contributed by atoms with E-state index < -0.39 is 0 Å². The lowest BCUT2D eigenvalue weighted by Gasteiger charge is -2.18. The molecule has 0 spiro atoms. The van der Waals surface area contributed by atoms with Crippen molar-refractivity contribution >= 4 is 11.6 Å². The molecule has 1 aliphatic heterocycles. The van der Waals surface area contributed by atoms with E-state index in [2.05, 4.69) is 17.4 Å². The normalized spacial score (nSPS) is 16.8. The molecule has 3 heteroatoms. The molecule has 80 valence electrons. The summed E-state index contributed by atoms with van der Waals surface area (Å²) in [6, 6.07) is 6.38. The molecule has 0 aliphatic carbocycles. The molecule has 1 atom stereocenters. The van der Waals surface area contributed by atoms with Crippen LogP contribution in [-0.4, -0.2) is 11.9 Å². The van der Waals surface area contributed by atoms with Gasteiger partial charge in [0.2, 0.25) is 5.91 Å². The molecule has 0 radical (unpaired) electrons. The fraction of sp³-hybridized carbons (Fsp3) is 0.417. The summed E-state index contributed by atoms with van der Waals surface area (Å²) in [5.41, 5.74) is 9.11. The molecule has 0 saturated heterocycles. The molecular formula is C12H16N2O. The predicted octanol–water partition coefficient (Wildman–Crippen LogP) is 1.46. The second-order valence-electron chi connectivity index (χ2n) is 4.22. The number of anilines is 1. The number of benzene rings is 1. The first-order valence-electron chi connectivity index (χ1n) is 5.32. The van der Waals surface area contributed by atoms with Crippen LogP contribution in [0.3, 0.4) is 0 Å². The summed E-state index contributed by atoms with van der Waals surface area (Å²) in [6.07, 6.45) is 2.29. The molecule has 1 amide bonds. The third-order valence-corrected chi connectivity index (χ3v) is 2.63. The van der Waals surface area contributed by atoms with Crippen LogP contribution >= 0.6 is 0 Å². The number of nitrogens with one attached hydrogen (secondary N) is 1. The number of rotatable bonds is 2. The lowest BCUT2D eigenvalue weighted by Crippen LogP contribution is -2.20. The molecular weight excluding hydrogens is 188 g/mol. The molecule has 1 aromatic rings. The van der Waals surface area contributed by atoms with Crippen molar-refractivity contribution in [1.29, 1.82) is 0 Å². The van der Waals surface area contributed by atoms with E-state index in [1.807, 2.05) is 13.0 Å². The third kappa shape index (κ3) is 2.36. The zero-order chi connectivity index (χ0) is 10.8. The van der Waals surface area contributed by atoms with Gasteiger partial charge in [-0.1, -0.05) is 12.1 Å². The SMILES string of the molecule is CC(N)Cc1ccc2c(c1)NC(=O)CC2. The van der Waals surface area contributed by atoms with Crippen molar-refractivity contribution in [2.75, 3.05) is 5.32 Å². The summed E-state index contributed by atoms with van der Waals surface area (Å²) in [5.74, 6) is 0.112. The van der Waals surface area contributed by atoms with Crippen LogP contribution in [0.1, 0.15) is 24.5 Å². The number of nitrogens with two attached hydrogens (primary N) is 1. The Labute approximate surface area is 89.7 Å². The van der Waals surface area contributed by atoms with Crippen molar-refractivity contribution in [1.82, 2.24) is 0 Å². The van der Waals surface area contributed by atoms with Crippen LogP contribution in [0, 0.1) is 0 Å². The molecule has 0 bridgehead atoms. The standard InChI is InChI=1S/C12H16N2O/c1-8(13)6-9-2-3-10-4-5-12(15)14-11(10)7-9/h2-3,7-8H,4-6,13H2,1H3,(H,14,15). The van der Waals surface area contributed by atoms with Gasteiger partial charge in [-0.25, -0.2) is 0 Å². The van der Waals surface area contributed by atoms with E-state index >= 15 is 0 Å². The van der Waals surface area contributed by atoms with Gasteiger partial charge >= 0.3 is 0 Å². The van der Waals surface area contributed by atoms with Gasteiger partial charge in [-0.3, -0.25) is 4.79 Å². The molecule has 2 rings (SSSR count). The van der Waals surface area contributed by atoms with Gasteiger partial charge in [0.25, 0.3) is 0 Å². The molecule has 15 heavy (non-hydrogen) atoms. The predicted molar refractivity (Wildman–Crippen MR) is 60.7 cm³/mol. The zero-order valence-electron chi connectivity index (χ0n) is 8.92. The summed E-state index contributed by atoms with van der Waals surface area (Å²) in [5, 5.41) is 2.89. The van der Waals surface area contributed by atoms with Crippen LogP contribution < -0.4 is 11.1 Å². The summed E-state index contributed by atoms with van der Waals surface area (Å²) < 4.78 is 0. The smallest absolute Gasteiger partial charge is 0.224 e. The van der Waals surface area contributed by atoms with Crippen LogP contribution in [0.5, 0.6) is 0 Å². The largest absolute Gasteiger partial charge is 0.328 e. The van der Waals surface area contributed by atoms with E-state index in [1.165, 1.54) is 11.1 Å². The zero-order valence-corrected chi connectivity index (χ0v) is 8.92. The summed E-state index contributed by atoms with van der Waals surface area (Å²) in [7, 11) is 0. The monoisotopic (exact) mass is 204 g/mol. The van der Waals surface area contributed by atoms with E-state index in [0.717, 1.165) is 18.5 Å². The molecule has 3 nitrogen and oxygen atoms in total. The Balaban J connectivity index is 2.24. The number of hydrogen-bond donors (Lipinski definition) is 2. The highest BCUT2D eigenvalue weighted by Gasteiger charge is 2.14. The summed E-state index contributed by atoms with van der Waals surface area (Å²) >= 11 is 0. The molecule has 0 saturated carbocycles. The molecule has 1 aliphatic rings. The van der Waals surface area contributed by atoms with E-state index in [1.54, 1.807) is 0 Å². The Morgan fingerprint density at radius 3 is 3.00 bits per heavy atom. The Morgan fingerprint density at radius 2 is 2.27 bits per heavy atom. The average molecular weight is 204 g/mol. The maximum atomic E-state index is 11.2. The minimum absolute atomic E-state index is 0.112. The van der Waals surface area contributed by atoms with Gasteiger partial charge in [-0.05, 0) is 37.0 Å². The molecule has 1 heterocycles. The fourth-order valence-corrected chi connectivity index (χ4v) is 1.92. The van der Waals surface area contributed by atoms with Crippen LogP contribution in [0.4, 0.5) is 5.69 Å². The first-order chi connectivity index (χ1) is 7.15. The molecule has 0 aromatic heterocycles. The van der Waals surface area contributed by atoms with Gasteiger partial charge in [0.1, 0.15) is 0 Å². The third-order valence-electron chi connectivity index (χ3n) is 2.63. The number of carbonyl (C=O) groups is 1. The van der Waals surface area contributed by atoms with Crippen LogP contribution in [0.2, 0.25) is 0 Å². The van der Waals surface area contributed by atoms with Crippen molar-refractivity contribution in [3.05, 3.63) is 29.3 Å². The number of hydrogen-bond acceptors (Lipinski definition) is 2. The van der Waals surface area contributed by atoms with Crippen molar-refractivity contribution < 1.29 is 4.79 Å². The van der Waals surface area contributed by atoms with E-state index in [9.17, 15) is 4.79 Å². The van der Waals surface area contributed by atoms with Crippen LogP contribution in [-0.2, 0) is 17.6 Å². The fourth-order valence-electron chi connectivity index (χ4n) is 1.92. The number of amides is 1. The highest BCUT2D eigenvalue weighted by molar-refractivity contribution is 5.93. The van der Waals surface area contributed by atoms with Gasteiger partial charge in [-0.2, -0.15) is 0 Å². The number of fused-ring (bicyclic) bond motifs is 1. The molecule has 1 aromatic carbocycles. The Hall–Kier alpha value is -1.35. The van der Waals surface area contributed by atoms with Crippen LogP contribution in [0.15, 0.2) is 18.2 Å². The van der Waals surface area contributed by atoms with Gasteiger partial charge in [0, 0.05) is 18.2 Å². The average Bonchev–Trinajstić information content (AvgIpc) is 2.16. The quantitative estimate of drug-likeness (QED) is 0.766. The lowest BCUT2D eigenvalue weighted by atomic mass is 9.98. The van der Waals surface area contributed by atoms with E-state index in [-0.39, 0.29) is 11.9 Å². The minimum atomic E-state index is 0.112. The highest BCUT2D eigenvalue weighted by Crippen LogP contribution is 2.23. The highest BCUT2D eigenvalue weighted by atomic mass is 16.1. The van der Waals surface area contributed by atoms with Gasteiger partial charge < -0.3 is 11.1 Å². The topological polar surface area (TPSA) is 55.1 Å². The van der Waals surface area contributed by atoms with Gasteiger partial charge in [-0.15, -0.1) is 0 Å². The van der Waals surface area contributed by atoms with E-state index in [4.69, 9.17) is 5.73 Å². The summed E-state index contributed by atoms with van der Waals surface area (Å²) in [6.45, 7) is 1.98.